The molecule has 0 unspecified atom stereocenters. The lowest BCUT2D eigenvalue weighted by Crippen LogP contribution is -2.13. The molecule has 0 saturated carbocycles. The van der Waals surface area contributed by atoms with E-state index in [1.807, 2.05) is 0 Å². The topological polar surface area (TPSA) is 30.0 Å². The van der Waals surface area contributed by atoms with Crippen LogP contribution in [0.2, 0.25) is 5.02 Å². The van der Waals surface area contributed by atoms with E-state index in [-0.39, 0.29) is 39.7 Å². The van der Waals surface area contributed by atoms with Crippen molar-refractivity contribution < 1.29 is 18.0 Å². The van der Waals surface area contributed by atoms with Crippen LogP contribution < -0.4 is 0 Å². The normalized spacial score (nSPS) is 11.7. The van der Waals surface area contributed by atoms with Crippen LogP contribution in [0.15, 0.2) is 18.2 Å². The molecule has 0 fully saturated rings. The monoisotopic (exact) mass is 369 g/mol. The van der Waals surface area contributed by atoms with Crippen LogP contribution in [-0.4, -0.2) is 10.8 Å². The lowest BCUT2D eigenvalue weighted by atomic mass is 9.92. The highest BCUT2D eigenvalue weighted by atomic mass is 35.5. The third-order valence-corrected chi connectivity index (χ3v) is 4.27. The number of carbonyl (C=O) groups excluding carboxylic acids is 1. The highest BCUT2D eigenvalue weighted by Gasteiger charge is 2.26. The minimum Gasteiger partial charge on any atom is -0.292 e. The van der Waals surface area contributed by atoms with Crippen LogP contribution in [0.3, 0.4) is 0 Å². The molecule has 0 aliphatic rings. The smallest absolute Gasteiger partial charge is 0.182 e. The summed E-state index contributed by atoms with van der Waals surface area (Å²) in [6.45, 7) is 5.93. The Morgan fingerprint density at radius 3 is 2.32 bits per heavy atom. The predicted molar refractivity (Wildman–Crippen MR) is 92.7 cm³/mol. The number of aromatic nitrogens is 1. The van der Waals surface area contributed by atoms with Crippen LogP contribution >= 0.6 is 11.6 Å². The first-order chi connectivity index (χ1) is 11.6. The van der Waals surface area contributed by atoms with E-state index in [0.717, 1.165) is 12.1 Å². The summed E-state index contributed by atoms with van der Waals surface area (Å²) in [6.07, 6.45) is 0.571. The number of nitrogens with zero attached hydrogens (tertiary/aromatic N) is 1. The molecule has 0 amide bonds. The van der Waals surface area contributed by atoms with Crippen LogP contribution in [-0.2, 0) is 12.1 Å². The van der Waals surface area contributed by atoms with Crippen LogP contribution in [0.1, 0.15) is 55.7 Å². The molecule has 0 atom stereocenters. The summed E-state index contributed by atoms with van der Waals surface area (Å²) in [5, 5.41) is -0.0897. The van der Waals surface area contributed by atoms with Crippen molar-refractivity contribution in [1.29, 1.82) is 0 Å². The molecular formula is C19H19ClF3NO. The Morgan fingerprint density at radius 1 is 1.16 bits per heavy atom. The van der Waals surface area contributed by atoms with Gasteiger partial charge < -0.3 is 0 Å². The van der Waals surface area contributed by atoms with Crippen LogP contribution in [0.25, 0.3) is 11.3 Å². The standard InChI is InChI=1S/C19H19ClF3NO/c1-5-10-7-12(19(3,4)23)14(21)8-11(10)17-15(22)9-13(20)18(24-17)16(25)6-2/h7-9H,5-6H2,1-4H3. The van der Waals surface area contributed by atoms with Gasteiger partial charge in [-0.05, 0) is 44.0 Å². The summed E-state index contributed by atoms with van der Waals surface area (Å²) < 4.78 is 43.0. The zero-order valence-corrected chi connectivity index (χ0v) is 15.3. The maximum Gasteiger partial charge on any atom is 0.182 e. The second-order valence-electron chi connectivity index (χ2n) is 6.24. The average Bonchev–Trinajstić information content (AvgIpc) is 2.53. The third kappa shape index (κ3) is 3.87. The summed E-state index contributed by atoms with van der Waals surface area (Å²) in [4.78, 5) is 16.0. The van der Waals surface area contributed by atoms with Gasteiger partial charge in [-0.1, -0.05) is 25.4 Å². The first-order valence-electron chi connectivity index (χ1n) is 8.01. The molecule has 0 radical (unpaired) electrons. The fourth-order valence-corrected chi connectivity index (χ4v) is 2.85. The summed E-state index contributed by atoms with van der Waals surface area (Å²) in [5.41, 5.74) is -1.48. The van der Waals surface area contributed by atoms with E-state index < -0.39 is 17.3 Å². The van der Waals surface area contributed by atoms with E-state index in [1.165, 1.54) is 19.9 Å². The number of ketones is 1. The number of pyridine rings is 1. The van der Waals surface area contributed by atoms with Crippen molar-refractivity contribution in [2.45, 2.75) is 46.2 Å². The zero-order chi connectivity index (χ0) is 18.9. The van der Waals surface area contributed by atoms with E-state index in [2.05, 4.69) is 4.98 Å². The van der Waals surface area contributed by atoms with Gasteiger partial charge in [-0.2, -0.15) is 0 Å². The Balaban J connectivity index is 2.74. The first kappa shape index (κ1) is 19.4. The number of benzene rings is 1. The number of rotatable bonds is 5. The summed E-state index contributed by atoms with van der Waals surface area (Å²) in [5.74, 6) is -1.90. The first-order valence-corrected chi connectivity index (χ1v) is 8.39. The van der Waals surface area contributed by atoms with Gasteiger partial charge in [-0.15, -0.1) is 0 Å². The van der Waals surface area contributed by atoms with Crippen molar-refractivity contribution in [3.63, 3.8) is 0 Å². The average molecular weight is 370 g/mol. The summed E-state index contributed by atoms with van der Waals surface area (Å²) >= 11 is 5.91. The molecule has 0 aliphatic carbocycles. The van der Waals surface area contributed by atoms with Crippen molar-refractivity contribution >= 4 is 17.4 Å². The predicted octanol–water partition coefficient (Wildman–Crippen LogP) is 6.04. The minimum atomic E-state index is -1.87. The van der Waals surface area contributed by atoms with Gasteiger partial charge in [0.25, 0.3) is 0 Å². The molecule has 2 aromatic rings. The second-order valence-corrected chi connectivity index (χ2v) is 6.65. The molecule has 0 N–H and O–H groups in total. The SMILES string of the molecule is CCC(=O)c1nc(-c2cc(F)c(C(C)(C)F)cc2CC)c(F)cc1Cl. The second kappa shape index (κ2) is 7.16. The molecule has 134 valence electrons. The van der Waals surface area contributed by atoms with Crippen LogP contribution in [0.5, 0.6) is 0 Å². The fourth-order valence-electron chi connectivity index (χ4n) is 2.61. The van der Waals surface area contributed by atoms with E-state index in [0.29, 0.717) is 12.0 Å². The van der Waals surface area contributed by atoms with Gasteiger partial charge in [0.1, 0.15) is 22.9 Å². The van der Waals surface area contributed by atoms with Crippen LogP contribution in [0, 0.1) is 11.6 Å². The van der Waals surface area contributed by atoms with E-state index in [9.17, 15) is 18.0 Å². The maximum absolute atomic E-state index is 14.4. The van der Waals surface area contributed by atoms with Gasteiger partial charge in [0, 0.05) is 17.5 Å². The van der Waals surface area contributed by atoms with Gasteiger partial charge in [0.05, 0.1) is 5.02 Å². The number of aryl methyl sites for hydroxylation is 1. The Labute approximate surface area is 150 Å². The Bertz CT molecular complexity index is 828. The van der Waals surface area contributed by atoms with Gasteiger partial charge in [0.2, 0.25) is 0 Å². The molecule has 6 heteroatoms. The molecule has 1 heterocycles. The summed E-state index contributed by atoms with van der Waals surface area (Å²) in [7, 11) is 0. The number of hydrogen-bond donors (Lipinski definition) is 0. The number of Topliss-reactive ketones (excluding diaryl/α,β-unsaturated/α-hetero) is 1. The van der Waals surface area contributed by atoms with E-state index in [1.54, 1.807) is 13.8 Å². The maximum atomic E-state index is 14.4. The molecule has 2 nitrogen and oxygen atoms in total. The minimum absolute atomic E-state index is 0.0575. The lowest BCUT2D eigenvalue weighted by Gasteiger charge is -2.19. The number of hydrogen-bond acceptors (Lipinski definition) is 2. The highest BCUT2D eigenvalue weighted by Crippen LogP contribution is 2.35. The molecule has 25 heavy (non-hydrogen) atoms. The molecule has 0 saturated heterocycles. The summed E-state index contributed by atoms with van der Waals surface area (Å²) in [6, 6.07) is 3.44. The molecule has 1 aromatic carbocycles. The van der Waals surface area contributed by atoms with Gasteiger partial charge in [0.15, 0.2) is 11.6 Å². The van der Waals surface area contributed by atoms with Crippen molar-refractivity contribution in [2.75, 3.05) is 0 Å². The molecule has 1 aromatic heterocycles. The Hall–Kier alpha value is -1.88. The quantitative estimate of drug-likeness (QED) is 0.601. The van der Waals surface area contributed by atoms with Gasteiger partial charge in [-0.25, -0.2) is 18.2 Å². The number of carbonyl (C=O) groups is 1. The third-order valence-electron chi connectivity index (χ3n) is 3.98. The van der Waals surface area contributed by atoms with Crippen molar-refractivity contribution in [3.8, 4) is 11.3 Å². The molecule has 2 rings (SSSR count). The van der Waals surface area contributed by atoms with Gasteiger partial charge >= 0.3 is 0 Å². The molecule has 0 spiro atoms. The van der Waals surface area contributed by atoms with Crippen molar-refractivity contribution in [2.24, 2.45) is 0 Å². The zero-order valence-electron chi connectivity index (χ0n) is 14.5. The van der Waals surface area contributed by atoms with E-state index >= 15 is 0 Å². The highest BCUT2D eigenvalue weighted by molar-refractivity contribution is 6.33. The number of halogens is 4. The Kier molecular flexibility index (Phi) is 5.57. The lowest BCUT2D eigenvalue weighted by molar-refractivity contribution is 0.0983. The molecular weight excluding hydrogens is 351 g/mol. The van der Waals surface area contributed by atoms with Crippen molar-refractivity contribution in [3.05, 3.63) is 51.7 Å². The van der Waals surface area contributed by atoms with Gasteiger partial charge in [-0.3, -0.25) is 4.79 Å². The Morgan fingerprint density at radius 2 is 1.80 bits per heavy atom. The molecule has 0 aliphatic heterocycles. The van der Waals surface area contributed by atoms with E-state index in [4.69, 9.17) is 11.6 Å². The fraction of sp³-hybridized carbons (Fsp3) is 0.368. The molecule has 0 bridgehead atoms. The number of alkyl halides is 1. The van der Waals surface area contributed by atoms with Crippen molar-refractivity contribution in [1.82, 2.24) is 4.98 Å². The largest absolute Gasteiger partial charge is 0.292 e. The van der Waals surface area contributed by atoms with Crippen LogP contribution in [0.4, 0.5) is 13.2 Å².